The van der Waals surface area contributed by atoms with Gasteiger partial charge in [-0.1, -0.05) is 24.3 Å². The Balaban J connectivity index is 1.41. The van der Waals surface area contributed by atoms with E-state index in [0.29, 0.717) is 0 Å². The lowest BCUT2D eigenvalue weighted by atomic mass is 9.76. The molecule has 1 fully saturated rings. The highest BCUT2D eigenvalue weighted by molar-refractivity contribution is 5.93. The molecule has 1 atom stereocenters. The summed E-state index contributed by atoms with van der Waals surface area (Å²) in [6.45, 7) is 7.71. The number of hydrogen-bond acceptors (Lipinski definition) is 5. The van der Waals surface area contributed by atoms with Crippen molar-refractivity contribution in [1.29, 1.82) is 0 Å². The molecule has 4 rings (SSSR count). The van der Waals surface area contributed by atoms with Crippen molar-refractivity contribution in [2.75, 3.05) is 52.5 Å². The predicted octanol–water partition coefficient (Wildman–Crippen LogP) is 0.838. The van der Waals surface area contributed by atoms with E-state index in [0.717, 1.165) is 71.7 Å². The van der Waals surface area contributed by atoms with Crippen LogP contribution in [0.4, 0.5) is 0 Å². The van der Waals surface area contributed by atoms with Gasteiger partial charge < -0.3 is 15.4 Å². The summed E-state index contributed by atoms with van der Waals surface area (Å²) < 4.78 is 5.42. The second-order valence-corrected chi connectivity index (χ2v) is 7.07. The Kier molecular flexibility index (Phi) is 4.83. The minimum atomic E-state index is 0.0115. The standard InChI is InChI=1S/C19H28N4O/c1-2-4-17-15-19(6-5-16(17)3-1)18(20-7-8-22-19)21-9-10-23-11-13-24-14-12-23/h1-4,22H,5-15H2,(H,20,21). The number of morpholine rings is 1. The number of benzene rings is 1. The van der Waals surface area contributed by atoms with Crippen molar-refractivity contribution in [1.82, 2.24) is 15.5 Å². The highest BCUT2D eigenvalue weighted by Gasteiger charge is 2.40. The van der Waals surface area contributed by atoms with Gasteiger partial charge in [-0.05, 0) is 30.4 Å². The largest absolute Gasteiger partial charge is 0.379 e. The zero-order valence-corrected chi connectivity index (χ0v) is 14.4. The molecule has 0 aromatic heterocycles. The van der Waals surface area contributed by atoms with Crippen LogP contribution in [0.5, 0.6) is 0 Å². The van der Waals surface area contributed by atoms with Crippen LogP contribution in [0.1, 0.15) is 17.5 Å². The van der Waals surface area contributed by atoms with E-state index in [1.807, 2.05) is 0 Å². The van der Waals surface area contributed by atoms with Crippen LogP contribution in [0, 0.1) is 0 Å². The van der Waals surface area contributed by atoms with Crippen LogP contribution >= 0.6 is 0 Å². The summed E-state index contributed by atoms with van der Waals surface area (Å²) in [6, 6.07) is 8.86. The summed E-state index contributed by atoms with van der Waals surface area (Å²) in [5, 5.41) is 7.45. The highest BCUT2D eigenvalue weighted by atomic mass is 16.5. The van der Waals surface area contributed by atoms with E-state index < -0.39 is 0 Å². The van der Waals surface area contributed by atoms with Crippen LogP contribution in [-0.4, -0.2) is 68.8 Å². The molecule has 2 N–H and O–H groups in total. The minimum absolute atomic E-state index is 0.0115. The predicted molar refractivity (Wildman–Crippen MR) is 96.8 cm³/mol. The number of rotatable bonds is 3. The summed E-state index contributed by atoms with van der Waals surface area (Å²) in [4.78, 5) is 7.33. The van der Waals surface area contributed by atoms with Crippen LogP contribution in [0.25, 0.3) is 0 Å². The molecule has 1 spiro atoms. The first-order valence-electron chi connectivity index (χ1n) is 9.26. The van der Waals surface area contributed by atoms with Crippen molar-refractivity contribution in [2.24, 2.45) is 4.99 Å². The number of amidine groups is 1. The first kappa shape index (κ1) is 16.1. The van der Waals surface area contributed by atoms with Crippen LogP contribution in [0.3, 0.4) is 0 Å². The number of nitrogens with one attached hydrogen (secondary N) is 2. The normalized spacial score (nSPS) is 27.6. The molecule has 1 aromatic carbocycles. The molecular formula is C19H28N4O. The Morgan fingerprint density at radius 1 is 1.21 bits per heavy atom. The van der Waals surface area contributed by atoms with Crippen LogP contribution in [0.15, 0.2) is 29.3 Å². The topological polar surface area (TPSA) is 48.9 Å². The van der Waals surface area contributed by atoms with Crippen LogP contribution in [0.2, 0.25) is 0 Å². The SMILES string of the molecule is c1ccc2c(c1)CCC1(C2)NCCN=C1NCCN1CCOCC1. The maximum Gasteiger partial charge on any atom is 0.117 e. The molecule has 3 aliphatic rings. The zero-order valence-electron chi connectivity index (χ0n) is 14.4. The van der Waals surface area contributed by atoms with Gasteiger partial charge in [-0.2, -0.15) is 0 Å². The molecule has 1 aromatic rings. The Labute approximate surface area is 144 Å². The van der Waals surface area contributed by atoms with E-state index in [4.69, 9.17) is 9.73 Å². The number of hydrogen-bond donors (Lipinski definition) is 2. The summed E-state index contributed by atoms with van der Waals surface area (Å²) in [5.74, 6) is 1.18. The van der Waals surface area contributed by atoms with Gasteiger partial charge in [0.15, 0.2) is 0 Å². The maximum atomic E-state index is 5.42. The third-order valence-corrected chi connectivity index (χ3v) is 5.55. The van der Waals surface area contributed by atoms with Crippen molar-refractivity contribution in [3.63, 3.8) is 0 Å². The van der Waals surface area contributed by atoms with E-state index in [9.17, 15) is 0 Å². The van der Waals surface area contributed by atoms with E-state index in [-0.39, 0.29) is 5.54 Å². The van der Waals surface area contributed by atoms with Crippen LogP contribution in [-0.2, 0) is 17.6 Å². The molecule has 0 bridgehead atoms. The Morgan fingerprint density at radius 2 is 2.04 bits per heavy atom. The second kappa shape index (κ2) is 7.21. The molecule has 24 heavy (non-hydrogen) atoms. The van der Waals surface area contributed by atoms with E-state index >= 15 is 0 Å². The Hall–Kier alpha value is -1.43. The lowest BCUT2D eigenvalue weighted by Crippen LogP contribution is -2.63. The van der Waals surface area contributed by atoms with Gasteiger partial charge in [0.05, 0.1) is 25.3 Å². The molecule has 2 aliphatic heterocycles. The molecule has 1 unspecified atom stereocenters. The number of aliphatic imine (C=N–C) groups is 1. The molecule has 0 radical (unpaired) electrons. The average molecular weight is 328 g/mol. The smallest absolute Gasteiger partial charge is 0.117 e. The van der Waals surface area contributed by atoms with Gasteiger partial charge in [-0.3, -0.25) is 9.89 Å². The molecular weight excluding hydrogens is 300 g/mol. The molecule has 130 valence electrons. The van der Waals surface area contributed by atoms with Gasteiger partial charge in [0, 0.05) is 32.7 Å². The summed E-state index contributed by atoms with van der Waals surface area (Å²) in [5.41, 5.74) is 2.99. The van der Waals surface area contributed by atoms with Gasteiger partial charge in [0.2, 0.25) is 0 Å². The van der Waals surface area contributed by atoms with Gasteiger partial charge >= 0.3 is 0 Å². The summed E-state index contributed by atoms with van der Waals surface area (Å²) in [7, 11) is 0. The van der Waals surface area contributed by atoms with Gasteiger partial charge in [0.25, 0.3) is 0 Å². The fraction of sp³-hybridized carbons (Fsp3) is 0.632. The highest BCUT2D eigenvalue weighted by Crippen LogP contribution is 2.30. The number of aryl methyl sites for hydroxylation is 1. The van der Waals surface area contributed by atoms with Crippen molar-refractivity contribution in [2.45, 2.75) is 24.8 Å². The van der Waals surface area contributed by atoms with Crippen molar-refractivity contribution in [3.8, 4) is 0 Å². The Bertz CT molecular complexity index is 597. The third kappa shape index (κ3) is 3.34. The lowest BCUT2D eigenvalue weighted by Gasteiger charge is -2.42. The molecule has 1 saturated heterocycles. The quantitative estimate of drug-likeness (QED) is 0.863. The van der Waals surface area contributed by atoms with Crippen molar-refractivity contribution >= 4 is 5.84 Å². The first-order valence-corrected chi connectivity index (χ1v) is 9.26. The number of ether oxygens (including phenoxy) is 1. The fourth-order valence-corrected chi connectivity index (χ4v) is 4.17. The molecule has 1 aliphatic carbocycles. The molecule has 5 heteroatoms. The van der Waals surface area contributed by atoms with Crippen molar-refractivity contribution in [3.05, 3.63) is 35.4 Å². The summed E-state index contributed by atoms with van der Waals surface area (Å²) >= 11 is 0. The summed E-state index contributed by atoms with van der Waals surface area (Å²) in [6.07, 6.45) is 3.31. The monoisotopic (exact) mass is 328 g/mol. The van der Waals surface area contributed by atoms with Gasteiger partial charge in [-0.25, -0.2) is 0 Å². The minimum Gasteiger partial charge on any atom is -0.379 e. The second-order valence-electron chi connectivity index (χ2n) is 7.07. The van der Waals surface area contributed by atoms with Crippen molar-refractivity contribution < 1.29 is 4.74 Å². The molecule has 0 amide bonds. The van der Waals surface area contributed by atoms with Gasteiger partial charge in [-0.15, -0.1) is 0 Å². The molecule has 5 nitrogen and oxygen atoms in total. The third-order valence-electron chi connectivity index (χ3n) is 5.55. The van der Waals surface area contributed by atoms with E-state index in [1.165, 1.54) is 17.0 Å². The number of nitrogens with zero attached hydrogens (tertiary/aromatic N) is 2. The lowest BCUT2D eigenvalue weighted by molar-refractivity contribution is 0.0388. The van der Waals surface area contributed by atoms with Gasteiger partial charge in [0.1, 0.15) is 5.84 Å². The molecule has 2 heterocycles. The first-order chi connectivity index (χ1) is 11.9. The fourth-order valence-electron chi connectivity index (χ4n) is 4.17. The number of fused-ring (bicyclic) bond motifs is 1. The van der Waals surface area contributed by atoms with E-state index in [2.05, 4.69) is 39.8 Å². The maximum absolute atomic E-state index is 5.42. The Morgan fingerprint density at radius 3 is 2.92 bits per heavy atom. The van der Waals surface area contributed by atoms with E-state index in [1.54, 1.807) is 0 Å². The molecule has 0 saturated carbocycles. The zero-order chi connectivity index (χ0) is 16.2. The average Bonchev–Trinajstić information content (AvgIpc) is 2.64. The van der Waals surface area contributed by atoms with Crippen LogP contribution < -0.4 is 10.6 Å².